The molecule has 0 saturated heterocycles. The number of rotatable bonds is 2. The molecule has 3 aromatic rings. The Bertz CT molecular complexity index is 821. The standard InChI is InChI=1S/C18H14BrNO/c1-12-9-10-14(11-17(12)19)20-18(21)16-8-4-6-13-5-2-3-7-15(13)16/h2-11H,1H3,(H,20,21). The third kappa shape index (κ3) is 2.83. The summed E-state index contributed by atoms with van der Waals surface area (Å²) in [5.41, 5.74) is 2.60. The van der Waals surface area contributed by atoms with Gasteiger partial charge >= 0.3 is 0 Å². The lowest BCUT2D eigenvalue weighted by Gasteiger charge is -2.09. The van der Waals surface area contributed by atoms with Crippen LogP contribution in [0.4, 0.5) is 5.69 Å². The van der Waals surface area contributed by atoms with Gasteiger partial charge in [-0.25, -0.2) is 0 Å². The number of nitrogens with one attached hydrogen (secondary N) is 1. The average molecular weight is 340 g/mol. The summed E-state index contributed by atoms with van der Waals surface area (Å²) in [7, 11) is 0. The number of carbonyl (C=O) groups is 1. The Hall–Kier alpha value is -2.13. The molecule has 0 aliphatic heterocycles. The zero-order valence-electron chi connectivity index (χ0n) is 11.6. The molecular formula is C18H14BrNO. The molecule has 0 fully saturated rings. The van der Waals surface area contributed by atoms with Crippen LogP contribution in [0.1, 0.15) is 15.9 Å². The van der Waals surface area contributed by atoms with Crippen LogP contribution >= 0.6 is 15.9 Å². The Morgan fingerprint density at radius 1 is 1.00 bits per heavy atom. The van der Waals surface area contributed by atoms with Gasteiger partial charge < -0.3 is 5.32 Å². The zero-order valence-corrected chi connectivity index (χ0v) is 13.1. The molecule has 1 N–H and O–H groups in total. The van der Waals surface area contributed by atoms with Crippen molar-refractivity contribution >= 4 is 38.3 Å². The molecule has 0 aliphatic carbocycles. The minimum absolute atomic E-state index is 0.0949. The number of aryl methyl sites for hydroxylation is 1. The summed E-state index contributed by atoms with van der Waals surface area (Å²) in [5.74, 6) is -0.0949. The lowest BCUT2D eigenvalue weighted by atomic mass is 10.0. The highest BCUT2D eigenvalue weighted by atomic mass is 79.9. The van der Waals surface area contributed by atoms with Crippen molar-refractivity contribution in [2.75, 3.05) is 5.32 Å². The topological polar surface area (TPSA) is 29.1 Å². The largest absolute Gasteiger partial charge is 0.322 e. The van der Waals surface area contributed by atoms with E-state index < -0.39 is 0 Å². The third-order valence-electron chi connectivity index (χ3n) is 3.46. The summed E-state index contributed by atoms with van der Waals surface area (Å²) in [6.45, 7) is 2.01. The van der Waals surface area contributed by atoms with Crippen molar-refractivity contribution in [2.24, 2.45) is 0 Å². The van der Waals surface area contributed by atoms with Crippen LogP contribution in [0.3, 0.4) is 0 Å². The van der Waals surface area contributed by atoms with Crippen LogP contribution in [0.15, 0.2) is 65.1 Å². The Morgan fingerprint density at radius 3 is 2.57 bits per heavy atom. The molecule has 1 amide bonds. The molecule has 3 aromatic carbocycles. The fraction of sp³-hybridized carbons (Fsp3) is 0.0556. The van der Waals surface area contributed by atoms with Crippen molar-refractivity contribution in [2.45, 2.75) is 6.92 Å². The first-order chi connectivity index (χ1) is 10.1. The Morgan fingerprint density at radius 2 is 1.76 bits per heavy atom. The van der Waals surface area contributed by atoms with Gasteiger partial charge in [-0.3, -0.25) is 4.79 Å². The maximum atomic E-state index is 12.5. The maximum Gasteiger partial charge on any atom is 0.256 e. The summed E-state index contributed by atoms with van der Waals surface area (Å²) < 4.78 is 0.984. The fourth-order valence-corrected chi connectivity index (χ4v) is 2.67. The van der Waals surface area contributed by atoms with E-state index in [9.17, 15) is 4.79 Å². The van der Waals surface area contributed by atoms with E-state index in [1.807, 2.05) is 67.6 Å². The van der Waals surface area contributed by atoms with Crippen LogP contribution in [-0.2, 0) is 0 Å². The zero-order chi connectivity index (χ0) is 14.8. The Kier molecular flexibility index (Phi) is 3.76. The molecule has 3 heteroatoms. The molecule has 0 spiro atoms. The van der Waals surface area contributed by atoms with Gasteiger partial charge in [-0.15, -0.1) is 0 Å². The van der Waals surface area contributed by atoms with Crippen LogP contribution in [-0.4, -0.2) is 5.91 Å². The summed E-state index contributed by atoms with van der Waals surface area (Å²) in [6.07, 6.45) is 0. The molecule has 0 aliphatic rings. The molecule has 0 atom stereocenters. The SMILES string of the molecule is Cc1ccc(NC(=O)c2cccc3ccccc23)cc1Br. The number of halogens is 1. The van der Waals surface area contributed by atoms with Gasteiger partial charge in [0.2, 0.25) is 0 Å². The van der Waals surface area contributed by atoms with Crippen LogP contribution in [0.2, 0.25) is 0 Å². The first kappa shape index (κ1) is 13.8. The smallest absolute Gasteiger partial charge is 0.256 e. The van der Waals surface area contributed by atoms with Crippen molar-refractivity contribution in [1.29, 1.82) is 0 Å². The van der Waals surface area contributed by atoms with E-state index in [0.717, 1.165) is 26.5 Å². The van der Waals surface area contributed by atoms with Crippen LogP contribution < -0.4 is 5.32 Å². The van der Waals surface area contributed by atoms with Crippen molar-refractivity contribution < 1.29 is 4.79 Å². The molecule has 21 heavy (non-hydrogen) atoms. The monoisotopic (exact) mass is 339 g/mol. The minimum atomic E-state index is -0.0949. The Labute approximate surface area is 131 Å². The van der Waals surface area contributed by atoms with E-state index in [1.165, 1.54) is 0 Å². The van der Waals surface area contributed by atoms with E-state index in [-0.39, 0.29) is 5.91 Å². The van der Waals surface area contributed by atoms with Crippen molar-refractivity contribution in [1.82, 2.24) is 0 Å². The van der Waals surface area contributed by atoms with Gasteiger partial charge in [-0.1, -0.05) is 58.4 Å². The minimum Gasteiger partial charge on any atom is -0.322 e. The number of fused-ring (bicyclic) bond motifs is 1. The van der Waals surface area contributed by atoms with Gasteiger partial charge in [-0.2, -0.15) is 0 Å². The number of hydrogen-bond donors (Lipinski definition) is 1. The number of anilines is 1. The second kappa shape index (κ2) is 5.70. The lowest BCUT2D eigenvalue weighted by Crippen LogP contribution is -2.12. The van der Waals surface area contributed by atoms with Crippen molar-refractivity contribution in [3.63, 3.8) is 0 Å². The highest BCUT2D eigenvalue weighted by molar-refractivity contribution is 9.10. The summed E-state index contributed by atoms with van der Waals surface area (Å²) >= 11 is 3.48. The summed E-state index contributed by atoms with van der Waals surface area (Å²) in [4.78, 5) is 12.5. The molecule has 0 radical (unpaired) electrons. The molecule has 0 aromatic heterocycles. The number of amides is 1. The van der Waals surface area contributed by atoms with E-state index in [4.69, 9.17) is 0 Å². The molecule has 0 bridgehead atoms. The second-order valence-corrected chi connectivity index (χ2v) is 5.80. The van der Waals surface area contributed by atoms with E-state index in [1.54, 1.807) is 0 Å². The highest BCUT2D eigenvalue weighted by Gasteiger charge is 2.10. The number of hydrogen-bond acceptors (Lipinski definition) is 1. The molecule has 0 unspecified atom stereocenters. The first-order valence-corrected chi connectivity index (χ1v) is 7.50. The molecule has 2 nitrogen and oxygen atoms in total. The molecule has 0 saturated carbocycles. The van der Waals surface area contributed by atoms with Crippen molar-refractivity contribution in [3.05, 3.63) is 76.3 Å². The van der Waals surface area contributed by atoms with Crippen LogP contribution in [0.5, 0.6) is 0 Å². The van der Waals surface area contributed by atoms with Gasteiger partial charge in [0.1, 0.15) is 0 Å². The highest BCUT2D eigenvalue weighted by Crippen LogP contribution is 2.23. The molecule has 104 valence electrons. The van der Waals surface area contributed by atoms with Crippen LogP contribution in [0.25, 0.3) is 10.8 Å². The van der Waals surface area contributed by atoms with E-state index >= 15 is 0 Å². The van der Waals surface area contributed by atoms with Gasteiger partial charge in [-0.05, 0) is 41.5 Å². The lowest BCUT2D eigenvalue weighted by molar-refractivity contribution is 0.102. The quantitative estimate of drug-likeness (QED) is 0.686. The summed E-state index contributed by atoms with van der Waals surface area (Å²) in [6, 6.07) is 19.5. The van der Waals surface area contributed by atoms with Gasteiger partial charge in [0, 0.05) is 15.7 Å². The normalized spacial score (nSPS) is 10.6. The van der Waals surface area contributed by atoms with Gasteiger partial charge in [0.25, 0.3) is 5.91 Å². The molecular weight excluding hydrogens is 326 g/mol. The first-order valence-electron chi connectivity index (χ1n) is 6.70. The van der Waals surface area contributed by atoms with Crippen LogP contribution in [0, 0.1) is 6.92 Å². The average Bonchev–Trinajstić information content (AvgIpc) is 2.50. The maximum absolute atomic E-state index is 12.5. The predicted molar refractivity (Wildman–Crippen MR) is 90.8 cm³/mol. The van der Waals surface area contributed by atoms with E-state index in [0.29, 0.717) is 5.56 Å². The van der Waals surface area contributed by atoms with Crippen molar-refractivity contribution in [3.8, 4) is 0 Å². The second-order valence-electron chi connectivity index (χ2n) is 4.94. The number of carbonyl (C=O) groups excluding carboxylic acids is 1. The third-order valence-corrected chi connectivity index (χ3v) is 4.32. The van der Waals surface area contributed by atoms with Gasteiger partial charge in [0.05, 0.1) is 0 Å². The summed E-state index contributed by atoms with van der Waals surface area (Å²) in [5, 5.41) is 4.98. The predicted octanol–water partition coefficient (Wildman–Crippen LogP) is 5.16. The molecule has 0 heterocycles. The number of benzene rings is 3. The van der Waals surface area contributed by atoms with Gasteiger partial charge in [0.15, 0.2) is 0 Å². The fourth-order valence-electron chi connectivity index (χ4n) is 2.29. The Balaban J connectivity index is 1.95. The van der Waals surface area contributed by atoms with E-state index in [2.05, 4.69) is 21.2 Å². The molecule has 3 rings (SSSR count).